The average Bonchev–Trinajstić information content (AvgIpc) is 3.67. The van der Waals surface area contributed by atoms with Gasteiger partial charge in [-0.2, -0.15) is 0 Å². The normalized spacial score (nSPS) is 38.3. The average molecular weight is 687 g/mol. The molecule has 5 saturated carbocycles. The van der Waals surface area contributed by atoms with Crippen LogP contribution in [0.5, 0.6) is 0 Å². The van der Waals surface area contributed by atoms with E-state index in [0.29, 0.717) is 39.9 Å². The van der Waals surface area contributed by atoms with Gasteiger partial charge in [0.15, 0.2) is 0 Å². The lowest BCUT2D eigenvalue weighted by Gasteiger charge is -2.62. The van der Waals surface area contributed by atoms with Gasteiger partial charge in [0, 0.05) is 6.42 Å². The van der Waals surface area contributed by atoms with Gasteiger partial charge in [0.25, 0.3) is 0 Å². The number of carbonyl (C=O) groups is 1. The van der Waals surface area contributed by atoms with Gasteiger partial charge in [-0.3, -0.25) is 4.79 Å². The summed E-state index contributed by atoms with van der Waals surface area (Å²) in [6, 6.07) is 0. The molecule has 5 aliphatic carbocycles. The van der Waals surface area contributed by atoms with Crippen LogP contribution in [0.15, 0.2) is 48.6 Å². The van der Waals surface area contributed by atoms with Crippen molar-refractivity contribution in [2.75, 3.05) is 0 Å². The topological polar surface area (TPSA) is 26.3 Å². The Kier molecular flexibility index (Phi) is 13.5. The minimum Gasteiger partial charge on any atom is -0.462 e. The van der Waals surface area contributed by atoms with Gasteiger partial charge in [0.05, 0.1) is 0 Å². The molecule has 282 valence electrons. The summed E-state index contributed by atoms with van der Waals surface area (Å²) in [4.78, 5) is 13.0. The number of allylic oxidation sites excluding steroid dienone is 7. The predicted molar refractivity (Wildman–Crippen MR) is 214 cm³/mol. The smallest absolute Gasteiger partial charge is 0.306 e. The molecule has 0 radical (unpaired) electrons. The number of rotatable bonds is 19. The Morgan fingerprint density at radius 1 is 0.780 bits per heavy atom. The zero-order valence-electron chi connectivity index (χ0n) is 33.9. The van der Waals surface area contributed by atoms with Crippen molar-refractivity contribution >= 4 is 5.97 Å². The first-order valence-electron chi connectivity index (χ1n) is 21.8. The zero-order valence-corrected chi connectivity index (χ0v) is 33.9. The largest absolute Gasteiger partial charge is 0.462 e. The second kappa shape index (κ2) is 17.1. The van der Waals surface area contributed by atoms with Crippen molar-refractivity contribution in [2.24, 2.45) is 57.2 Å². The predicted octanol–water partition coefficient (Wildman–Crippen LogP) is 14.2. The summed E-state index contributed by atoms with van der Waals surface area (Å²) >= 11 is 0. The number of hydrogen-bond donors (Lipinski definition) is 0. The van der Waals surface area contributed by atoms with Crippen LogP contribution in [0.25, 0.3) is 0 Å². The lowest BCUT2D eigenvalue weighted by Crippen LogP contribution is -2.56. The van der Waals surface area contributed by atoms with Crippen molar-refractivity contribution in [3.63, 3.8) is 0 Å². The first-order chi connectivity index (χ1) is 24.0. The number of fused-ring (bicyclic) bond motifs is 2. The second-order valence-corrected chi connectivity index (χ2v) is 19.1. The molecular formula is C48H78O2. The molecule has 10 atom stereocenters. The number of ether oxygens (including phenoxy) is 1. The minimum absolute atomic E-state index is 0.0715. The van der Waals surface area contributed by atoms with Crippen LogP contribution in [0.1, 0.15) is 183 Å². The number of carbonyl (C=O) groups excluding carboxylic acids is 1. The third-order valence-corrected chi connectivity index (χ3v) is 16.4. The molecule has 0 N–H and O–H groups in total. The molecule has 50 heavy (non-hydrogen) atoms. The lowest BCUT2D eigenvalue weighted by atomic mass is 9.43. The summed E-state index contributed by atoms with van der Waals surface area (Å²) < 4.78 is 6.31. The quantitative estimate of drug-likeness (QED) is 0.0768. The maximum atomic E-state index is 13.0. The second-order valence-electron chi connectivity index (χ2n) is 19.1. The maximum Gasteiger partial charge on any atom is 0.306 e. The van der Waals surface area contributed by atoms with Gasteiger partial charge in [-0.1, -0.05) is 116 Å². The van der Waals surface area contributed by atoms with Crippen LogP contribution < -0.4 is 0 Å². The Balaban J connectivity index is 1.03. The van der Waals surface area contributed by atoms with E-state index in [9.17, 15) is 4.79 Å². The molecule has 2 spiro atoms. The summed E-state index contributed by atoms with van der Waals surface area (Å²) in [6.07, 6.45) is 39.6. The lowest BCUT2D eigenvalue weighted by molar-refractivity contribution is -0.167. The Morgan fingerprint density at radius 3 is 2.22 bits per heavy atom. The molecule has 2 heteroatoms. The summed E-state index contributed by atoms with van der Waals surface area (Å²) in [5.74, 6) is 4.51. The fraction of sp³-hybridized carbons (Fsp3) is 0.812. The Labute approximate surface area is 309 Å². The molecule has 0 aliphatic heterocycles. The highest BCUT2D eigenvalue weighted by atomic mass is 16.5. The van der Waals surface area contributed by atoms with Gasteiger partial charge >= 0.3 is 5.97 Å². The minimum atomic E-state index is 0.0715. The monoisotopic (exact) mass is 687 g/mol. The van der Waals surface area contributed by atoms with E-state index >= 15 is 0 Å². The highest BCUT2D eigenvalue weighted by molar-refractivity contribution is 5.69. The molecule has 0 aromatic heterocycles. The van der Waals surface area contributed by atoms with E-state index in [0.717, 1.165) is 62.2 Å². The highest BCUT2D eigenvalue weighted by Crippen LogP contribution is 2.88. The van der Waals surface area contributed by atoms with Crippen LogP contribution in [0, 0.1) is 57.2 Å². The van der Waals surface area contributed by atoms with Gasteiger partial charge in [0.1, 0.15) is 6.10 Å². The number of hydrogen-bond acceptors (Lipinski definition) is 2. The molecule has 0 amide bonds. The van der Waals surface area contributed by atoms with Gasteiger partial charge < -0.3 is 4.74 Å². The van der Waals surface area contributed by atoms with E-state index in [2.05, 4.69) is 91.5 Å². The van der Waals surface area contributed by atoms with Gasteiger partial charge in [-0.05, 0) is 166 Å². The summed E-state index contributed by atoms with van der Waals surface area (Å²) in [7, 11) is 0. The van der Waals surface area contributed by atoms with Crippen molar-refractivity contribution < 1.29 is 9.53 Å². The number of unbranched alkanes of at least 4 members (excludes halogenated alkanes) is 5. The van der Waals surface area contributed by atoms with Crippen LogP contribution in [0.2, 0.25) is 0 Å². The first kappa shape index (κ1) is 39.6. The van der Waals surface area contributed by atoms with Crippen molar-refractivity contribution in [3.05, 3.63) is 48.6 Å². The van der Waals surface area contributed by atoms with E-state index in [4.69, 9.17) is 4.74 Å². The van der Waals surface area contributed by atoms with Crippen molar-refractivity contribution in [3.8, 4) is 0 Å². The molecular weight excluding hydrogens is 609 g/mol. The molecule has 0 aromatic carbocycles. The molecule has 5 rings (SSSR count). The summed E-state index contributed by atoms with van der Waals surface area (Å²) in [6.45, 7) is 21.7. The third kappa shape index (κ3) is 7.86. The molecule has 0 bridgehead atoms. The fourth-order valence-electron chi connectivity index (χ4n) is 13.1. The van der Waals surface area contributed by atoms with Crippen LogP contribution in [0.3, 0.4) is 0 Å². The fourth-order valence-corrected chi connectivity index (χ4v) is 13.1. The van der Waals surface area contributed by atoms with Gasteiger partial charge in [-0.15, -0.1) is 0 Å². The molecule has 5 aliphatic rings. The maximum absolute atomic E-state index is 13.0. The molecule has 0 aromatic rings. The summed E-state index contributed by atoms with van der Waals surface area (Å²) in [5, 5.41) is 0. The Bertz CT molecular complexity index is 1220. The van der Waals surface area contributed by atoms with Gasteiger partial charge in [-0.25, -0.2) is 0 Å². The van der Waals surface area contributed by atoms with Crippen LogP contribution in [0.4, 0.5) is 0 Å². The van der Waals surface area contributed by atoms with Crippen molar-refractivity contribution in [1.82, 2.24) is 0 Å². The SMILES string of the molecule is C=C(CCC(C)C1CC[C@@]2(C)C3CCC4[C@H](C)C(OC(=O)CCCCCCC/C=C\C/C=C\C/C=C\CC)CCC45CC35CCC12C)C(C)C. The zero-order chi connectivity index (χ0) is 36.0. The molecule has 0 heterocycles. The van der Waals surface area contributed by atoms with E-state index < -0.39 is 0 Å². The number of esters is 1. The Hall–Kier alpha value is -1.57. The first-order valence-corrected chi connectivity index (χ1v) is 21.8. The van der Waals surface area contributed by atoms with E-state index in [1.807, 2.05) is 0 Å². The van der Waals surface area contributed by atoms with Crippen molar-refractivity contribution in [1.29, 1.82) is 0 Å². The molecule has 5 fully saturated rings. The molecule has 8 unspecified atom stereocenters. The molecule has 2 nitrogen and oxygen atoms in total. The summed E-state index contributed by atoms with van der Waals surface area (Å²) in [5.41, 5.74) is 3.53. The van der Waals surface area contributed by atoms with E-state index in [1.165, 1.54) is 95.5 Å². The molecule has 0 saturated heterocycles. The Morgan fingerprint density at radius 2 is 1.48 bits per heavy atom. The van der Waals surface area contributed by atoms with Crippen molar-refractivity contribution in [2.45, 2.75) is 189 Å². The van der Waals surface area contributed by atoms with E-state index in [1.54, 1.807) is 0 Å². The van der Waals surface area contributed by atoms with Gasteiger partial charge in [0.2, 0.25) is 0 Å². The van der Waals surface area contributed by atoms with Crippen LogP contribution >= 0.6 is 0 Å². The third-order valence-electron chi connectivity index (χ3n) is 16.4. The highest BCUT2D eigenvalue weighted by Gasteiger charge is 2.81. The standard InChI is InChI=1S/C48H78O2/c1-9-10-11-12-13-14-15-16-17-18-19-20-21-22-23-24-44(49)50-42-30-32-47-35-48(47)34-33-45(7)40(38(5)26-25-37(4)36(2)3)29-31-46(45,8)43(48)28-27-41(47)39(42)6/h10-11,13-14,16-17,36,38-43H,4,9,12,15,18-35H2,1-3,5-8H3/b11-10-,14-13-,17-16-/t38?,39-,40?,41?,42?,43?,45?,46-,47?,48?/m0/s1. The van der Waals surface area contributed by atoms with Crippen LogP contribution in [-0.2, 0) is 9.53 Å². The van der Waals surface area contributed by atoms with E-state index in [-0.39, 0.29) is 12.1 Å². The van der Waals surface area contributed by atoms with Crippen LogP contribution in [-0.4, -0.2) is 12.1 Å².